The molecule has 0 aliphatic carbocycles. The van der Waals surface area contributed by atoms with Gasteiger partial charge in [-0.2, -0.15) is 0 Å². The molecule has 0 radical (unpaired) electrons. The number of piperidine rings is 1. The van der Waals surface area contributed by atoms with Crippen LogP contribution >= 0.6 is 0 Å². The van der Waals surface area contributed by atoms with E-state index in [2.05, 4.69) is 57.8 Å². The number of aliphatic hydroxyl groups excluding tert-OH is 1. The summed E-state index contributed by atoms with van der Waals surface area (Å²) in [7, 11) is 0. The van der Waals surface area contributed by atoms with Gasteiger partial charge in [0.15, 0.2) is 0 Å². The minimum atomic E-state index is -0.161. The van der Waals surface area contributed by atoms with Crippen LogP contribution in [0.1, 0.15) is 37.3 Å². The molecule has 1 unspecified atom stereocenters. The van der Waals surface area contributed by atoms with E-state index >= 15 is 0 Å². The average Bonchev–Trinajstić information content (AvgIpc) is 3.33. The van der Waals surface area contributed by atoms with Crippen molar-refractivity contribution in [2.75, 3.05) is 32.8 Å². The number of halogens is 1. The van der Waals surface area contributed by atoms with Gasteiger partial charge in [0.1, 0.15) is 5.82 Å². The molecule has 5 heteroatoms. The van der Waals surface area contributed by atoms with Crippen molar-refractivity contribution in [3.63, 3.8) is 0 Å². The van der Waals surface area contributed by atoms with E-state index in [4.69, 9.17) is 0 Å². The van der Waals surface area contributed by atoms with Crippen LogP contribution in [0.15, 0.2) is 54.7 Å². The van der Waals surface area contributed by atoms with Crippen molar-refractivity contribution in [3.8, 4) is 0 Å². The zero-order valence-corrected chi connectivity index (χ0v) is 19.7. The third-order valence-electron chi connectivity index (χ3n) is 7.99. The molecule has 1 aromatic heterocycles. The Morgan fingerprint density at radius 3 is 2.55 bits per heavy atom. The summed E-state index contributed by atoms with van der Waals surface area (Å²) in [5, 5.41) is 11.2. The molecule has 2 aliphatic heterocycles. The van der Waals surface area contributed by atoms with E-state index in [0.717, 1.165) is 76.0 Å². The van der Waals surface area contributed by atoms with Crippen molar-refractivity contribution in [3.05, 3.63) is 71.7 Å². The number of fused-ring (bicyclic) bond motifs is 1. The first kappa shape index (κ1) is 22.6. The molecule has 2 fully saturated rings. The number of hydrogen-bond acceptors (Lipinski definition) is 3. The predicted molar refractivity (Wildman–Crippen MR) is 131 cm³/mol. The first-order chi connectivity index (χ1) is 16.1. The summed E-state index contributed by atoms with van der Waals surface area (Å²) in [5.41, 5.74) is 3.92. The van der Waals surface area contributed by atoms with Gasteiger partial charge < -0.3 is 9.67 Å². The van der Waals surface area contributed by atoms with Crippen molar-refractivity contribution in [2.24, 2.45) is 11.3 Å². The van der Waals surface area contributed by atoms with Crippen LogP contribution in [0.3, 0.4) is 0 Å². The Balaban J connectivity index is 1.27. The summed E-state index contributed by atoms with van der Waals surface area (Å²) in [6, 6.07) is 15.8. The summed E-state index contributed by atoms with van der Waals surface area (Å²) in [5.74, 6) is 0.190. The van der Waals surface area contributed by atoms with Gasteiger partial charge in [0.05, 0.1) is 0 Å². The molecule has 33 heavy (non-hydrogen) atoms. The SMILES string of the molecule is CCCn1cc(CN2CCC3(CC2)CN(Cc2ccccc2)CC3CO)c2cc(F)ccc21. The number of rotatable bonds is 7. The smallest absolute Gasteiger partial charge is 0.123 e. The molecule has 1 atom stereocenters. The van der Waals surface area contributed by atoms with Crippen LogP contribution in [0.4, 0.5) is 4.39 Å². The predicted octanol–water partition coefficient (Wildman–Crippen LogP) is 4.90. The lowest BCUT2D eigenvalue weighted by molar-refractivity contribution is 0.0483. The fourth-order valence-corrected chi connectivity index (χ4v) is 6.22. The van der Waals surface area contributed by atoms with E-state index in [9.17, 15) is 9.50 Å². The van der Waals surface area contributed by atoms with Crippen LogP contribution in [0.2, 0.25) is 0 Å². The van der Waals surface area contributed by atoms with Gasteiger partial charge in [-0.05, 0) is 67.1 Å². The van der Waals surface area contributed by atoms with Gasteiger partial charge in [0.25, 0.3) is 0 Å². The minimum absolute atomic E-state index is 0.161. The van der Waals surface area contributed by atoms with E-state index in [0.29, 0.717) is 5.92 Å². The standard InChI is InChI=1S/C28H36FN3O/c1-2-12-32-18-23(26-15-25(29)8-9-27(26)32)17-30-13-10-28(11-14-30)21-31(19-24(28)20-33)16-22-6-4-3-5-7-22/h3-9,15,18,24,33H,2,10-14,16-17,19-21H2,1H3. The largest absolute Gasteiger partial charge is 0.396 e. The number of aromatic nitrogens is 1. The van der Waals surface area contributed by atoms with E-state index in [1.165, 1.54) is 11.1 Å². The minimum Gasteiger partial charge on any atom is -0.396 e. The highest BCUT2D eigenvalue weighted by Crippen LogP contribution is 2.45. The van der Waals surface area contributed by atoms with E-state index < -0.39 is 0 Å². The van der Waals surface area contributed by atoms with Gasteiger partial charge >= 0.3 is 0 Å². The van der Waals surface area contributed by atoms with Crippen LogP contribution in [0.25, 0.3) is 10.9 Å². The van der Waals surface area contributed by atoms with Crippen LogP contribution in [0.5, 0.6) is 0 Å². The normalized spacial score (nSPS) is 21.4. The van der Waals surface area contributed by atoms with Gasteiger partial charge in [-0.1, -0.05) is 37.3 Å². The van der Waals surface area contributed by atoms with E-state index in [-0.39, 0.29) is 17.8 Å². The summed E-state index contributed by atoms with van der Waals surface area (Å²) < 4.78 is 16.3. The number of aliphatic hydroxyl groups is 1. The summed E-state index contributed by atoms with van der Waals surface area (Å²) >= 11 is 0. The Hall–Kier alpha value is -2.21. The maximum Gasteiger partial charge on any atom is 0.123 e. The maximum absolute atomic E-state index is 14.0. The van der Waals surface area contributed by atoms with Crippen molar-refractivity contribution >= 4 is 10.9 Å². The molecule has 1 spiro atoms. The molecule has 2 aliphatic rings. The zero-order chi connectivity index (χ0) is 22.8. The Bertz CT molecular complexity index is 1070. The lowest BCUT2D eigenvalue weighted by atomic mass is 9.71. The number of hydrogen-bond donors (Lipinski definition) is 1. The molecule has 0 amide bonds. The molecular weight excluding hydrogens is 413 g/mol. The monoisotopic (exact) mass is 449 g/mol. The maximum atomic E-state index is 14.0. The number of benzene rings is 2. The van der Waals surface area contributed by atoms with Crippen LogP contribution in [-0.4, -0.2) is 52.3 Å². The number of nitrogens with zero attached hydrogens (tertiary/aromatic N) is 3. The molecule has 5 rings (SSSR count). The van der Waals surface area contributed by atoms with E-state index in [1.807, 2.05) is 6.07 Å². The van der Waals surface area contributed by atoms with Crippen LogP contribution in [-0.2, 0) is 19.6 Å². The second-order valence-electron chi connectivity index (χ2n) is 10.2. The first-order valence-corrected chi connectivity index (χ1v) is 12.5. The lowest BCUT2D eigenvalue weighted by Crippen LogP contribution is -2.44. The first-order valence-electron chi connectivity index (χ1n) is 12.5. The zero-order valence-electron chi connectivity index (χ0n) is 19.7. The molecule has 4 nitrogen and oxygen atoms in total. The highest BCUT2D eigenvalue weighted by atomic mass is 19.1. The second-order valence-corrected chi connectivity index (χ2v) is 10.2. The molecule has 1 N–H and O–H groups in total. The van der Waals surface area contributed by atoms with Crippen molar-refractivity contribution in [1.29, 1.82) is 0 Å². The van der Waals surface area contributed by atoms with Gasteiger partial charge in [-0.15, -0.1) is 0 Å². The third kappa shape index (κ3) is 4.59. The molecule has 176 valence electrons. The molecule has 3 aromatic rings. The van der Waals surface area contributed by atoms with Gasteiger partial charge in [-0.3, -0.25) is 9.80 Å². The molecule has 2 aromatic carbocycles. The van der Waals surface area contributed by atoms with Crippen molar-refractivity contribution in [2.45, 2.75) is 45.8 Å². The third-order valence-corrected chi connectivity index (χ3v) is 7.99. The Labute approximate surface area is 196 Å². The van der Waals surface area contributed by atoms with Crippen LogP contribution in [0, 0.1) is 17.2 Å². The lowest BCUT2D eigenvalue weighted by Gasteiger charge is -2.42. The quantitative estimate of drug-likeness (QED) is 0.557. The Morgan fingerprint density at radius 2 is 1.82 bits per heavy atom. The number of likely N-dealkylation sites (tertiary alicyclic amines) is 2. The van der Waals surface area contributed by atoms with Gasteiger partial charge in [-0.25, -0.2) is 4.39 Å². The van der Waals surface area contributed by atoms with Gasteiger partial charge in [0.2, 0.25) is 0 Å². The Morgan fingerprint density at radius 1 is 1.03 bits per heavy atom. The van der Waals surface area contributed by atoms with Crippen molar-refractivity contribution < 1.29 is 9.50 Å². The summed E-state index contributed by atoms with van der Waals surface area (Å²) in [6.45, 7) is 9.36. The highest BCUT2D eigenvalue weighted by molar-refractivity contribution is 5.84. The summed E-state index contributed by atoms with van der Waals surface area (Å²) in [4.78, 5) is 5.06. The molecule has 0 saturated carbocycles. The van der Waals surface area contributed by atoms with Gasteiger partial charge in [0, 0.05) is 62.3 Å². The number of aryl methyl sites for hydroxylation is 1. The topological polar surface area (TPSA) is 31.6 Å². The summed E-state index contributed by atoms with van der Waals surface area (Å²) in [6.07, 6.45) is 5.53. The molecule has 3 heterocycles. The second kappa shape index (κ2) is 9.57. The molecule has 2 saturated heterocycles. The van der Waals surface area contributed by atoms with Crippen LogP contribution < -0.4 is 0 Å². The fraction of sp³-hybridized carbons (Fsp3) is 0.500. The highest BCUT2D eigenvalue weighted by Gasteiger charge is 2.47. The van der Waals surface area contributed by atoms with Crippen molar-refractivity contribution in [1.82, 2.24) is 14.4 Å². The average molecular weight is 450 g/mol. The van der Waals surface area contributed by atoms with E-state index in [1.54, 1.807) is 12.1 Å². The molecular formula is C28H36FN3O. The Kier molecular flexibility index (Phi) is 6.55. The molecule has 0 bridgehead atoms. The fourth-order valence-electron chi connectivity index (χ4n) is 6.22.